The van der Waals surface area contributed by atoms with E-state index in [-0.39, 0.29) is 30.6 Å². The Kier molecular flexibility index (Phi) is 7.82. The van der Waals surface area contributed by atoms with E-state index in [1.165, 1.54) is 18.3 Å². The maximum Gasteiger partial charge on any atom is 0.250 e. The maximum atomic E-state index is 11.9. The minimum Gasteiger partial charge on any atom is -0.772 e. The zero-order valence-corrected chi connectivity index (χ0v) is 18.6. The molecule has 3 rings (SSSR count). The minimum absolute atomic E-state index is 0.176. The summed E-state index contributed by atoms with van der Waals surface area (Å²) in [5.74, 6) is 11.3. The van der Waals surface area contributed by atoms with Crippen LogP contribution in [0.1, 0.15) is 36.8 Å². The van der Waals surface area contributed by atoms with Crippen LogP contribution < -0.4 is 5.48 Å². The molecule has 1 amide bonds. The number of benzene rings is 1. The first-order chi connectivity index (χ1) is 14.8. The third-order valence-electron chi connectivity index (χ3n) is 5.59. The molecular weight excluding hydrogens is 436 g/mol. The lowest BCUT2D eigenvalue weighted by Crippen LogP contribution is -2.41. The number of thiazole rings is 1. The van der Waals surface area contributed by atoms with E-state index in [9.17, 15) is 18.7 Å². The molecular formula is C22H23N2O5S2-. The van der Waals surface area contributed by atoms with Gasteiger partial charge in [0, 0.05) is 30.3 Å². The molecule has 0 radical (unpaired) electrons. The van der Waals surface area contributed by atoms with Crippen LogP contribution in [0.25, 0.3) is 10.2 Å². The molecule has 1 aromatic heterocycles. The predicted octanol–water partition coefficient (Wildman–Crippen LogP) is 1.99. The summed E-state index contributed by atoms with van der Waals surface area (Å²) in [5.41, 5.74) is 1.93. The molecule has 3 N–H and O–H groups in total. The minimum atomic E-state index is -2.42. The lowest BCUT2D eigenvalue weighted by molar-refractivity contribution is -0.138. The van der Waals surface area contributed by atoms with Crippen molar-refractivity contribution >= 4 is 38.5 Å². The molecule has 1 unspecified atom stereocenters. The van der Waals surface area contributed by atoms with Gasteiger partial charge in [0.2, 0.25) is 5.91 Å². The molecule has 0 spiro atoms. The highest BCUT2D eigenvalue weighted by molar-refractivity contribution is 7.79. The number of aromatic nitrogens is 1. The number of aliphatic hydroxyl groups excluding tert-OH is 1. The molecule has 164 valence electrons. The average molecular weight is 460 g/mol. The number of aliphatic hydroxyl groups is 1. The number of hydrogen-bond donors (Lipinski definition) is 3. The van der Waals surface area contributed by atoms with Gasteiger partial charge in [-0.1, -0.05) is 22.9 Å². The number of aryl methyl sites for hydroxylation is 1. The van der Waals surface area contributed by atoms with Gasteiger partial charge in [-0.05, 0) is 62.1 Å². The zero-order valence-electron chi connectivity index (χ0n) is 17.0. The summed E-state index contributed by atoms with van der Waals surface area (Å²) >= 11 is -0.958. The van der Waals surface area contributed by atoms with Crippen molar-refractivity contribution in [2.75, 3.05) is 12.4 Å². The van der Waals surface area contributed by atoms with E-state index in [1.807, 2.05) is 18.2 Å². The Hall–Kier alpha value is -2.27. The second kappa shape index (κ2) is 10.4. The summed E-state index contributed by atoms with van der Waals surface area (Å²) in [6.45, 7) is 1.68. The van der Waals surface area contributed by atoms with Crippen LogP contribution in [0, 0.1) is 40.9 Å². The van der Waals surface area contributed by atoms with Gasteiger partial charge in [-0.15, -0.1) is 11.3 Å². The van der Waals surface area contributed by atoms with Crippen molar-refractivity contribution < 1.29 is 23.9 Å². The number of nitrogens with one attached hydrogen (secondary N) is 1. The van der Waals surface area contributed by atoms with Crippen LogP contribution in [0.15, 0.2) is 18.2 Å². The number of hydroxylamine groups is 1. The van der Waals surface area contributed by atoms with E-state index >= 15 is 0 Å². The molecule has 1 aromatic carbocycles. The largest absolute Gasteiger partial charge is 0.772 e. The van der Waals surface area contributed by atoms with Crippen LogP contribution in [0.4, 0.5) is 0 Å². The Morgan fingerprint density at radius 2 is 2.23 bits per heavy atom. The van der Waals surface area contributed by atoms with Gasteiger partial charge < -0.3 is 9.66 Å². The SMILES string of the molecule is C[C@](CCc1nc2ccc(C#CC#C[C@@H]3CC[C@H]3CO)cc2s1)(CS(=O)[O-])C(=O)NO. The smallest absolute Gasteiger partial charge is 0.250 e. The van der Waals surface area contributed by atoms with Crippen molar-refractivity contribution in [1.82, 2.24) is 10.5 Å². The Labute approximate surface area is 187 Å². The van der Waals surface area contributed by atoms with Crippen molar-refractivity contribution in [2.24, 2.45) is 17.3 Å². The fourth-order valence-corrected chi connectivity index (χ4v) is 5.20. The van der Waals surface area contributed by atoms with Gasteiger partial charge in [0.1, 0.15) is 0 Å². The third-order valence-corrected chi connectivity index (χ3v) is 7.54. The molecule has 9 heteroatoms. The highest BCUT2D eigenvalue weighted by atomic mass is 32.2. The molecule has 1 aliphatic rings. The van der Waals surface area contributed by atoms with Crippen LogP contribution in [0.5, 0.6) is 0 Å². The highest BCUT2D eigenvalue weighted by Crippen LogP contribution is 2.33. The molecule has 0 saturated heterocycles. The molecule has 2 aromatic rings. The molecule has 1 fully saturated rings. The lowest BCUT2D eigenvalue weighted by Gasteiger charge is -2.30. The summed E-state index contributed by atoms with van der Waals surface area (Å²) in [6.07, 6.45) is 2.66. The normalized spacial score (nSPS) is 20.4. The summed E-state index contributed by atoms with van der Waals surface area (Å²) in [6, 6.07) is 5.66. The summed E-state index contributed by atoms with van der Waals surface area (Å²) in [4.78, 5) is 16.5. The molecule has 0 bridgehead atoms. The maximum absolute atomic E-state index is 11.9. The van der Waals surface area contributed by atoms with Crippen LogP contribution in [-0.2, 0) is 22.3 Å². The van der Waals surface area contributed by atoms with Crippen molar-refractivity contribution in [3.05, 3.63) is 28.8 Å². The predicted molar refractivity (Wildman–Crippen MR) is 118 cm³/mol. The topological polar surface area (TPSA) is 123 Å². The van der Waals surface area contributed by atoms with Crippen LogP contribution in [0.2, 0.25) is 0 Å². The van der Waals surface area contributed by atoms with E-state index in [2.05, 4.69) is 28.7 Å². The van der Waals surface area contributed by atoms with Crippen molar-refractivity contribution in [2.45, 2.75) is 32.6 Å². The Morgan fingerprint density at radius 3 is 2.87 bits per heavy atom. The first-order valence-corrected chi connectivity index (χ1v) is 11.9. The molecule has 31 heavy (non-hydrogen) atoms. The number of fused-ring (bicyclic) bond motifs is 1. The van der Waals surface area contributed by atoms with Gasteiger partial charge in [0.05, 0.1) is 20.6 Å². The number of hydrogen-bond acceptors (Lipinski definition) is 7. The number of carbonyl (C=O) groups is 1. The van der Waals surface area contributed by atoms with E-state index in [0.717, 1.165) is 33.6 Å². The number of rotatable bonds is 7. The van der Waals surface area contributed by atoms with E-state index < -0.39 is 22.4 Å². The standard InChI is InChI=1S/C22H24N2O5S2/c1-22(14-31(28)29,21(26)24-27)11-10-20-23-18-9-6-15(12-19(18)30-20)4-2-3-5-16-7-8-17(16)13-25/h6,9,12,16-17,25,27H,7-8,10-11,13-14H2,1H3,(H,24,26)(H,28,29)/p-1/t16-,17+,22+/m1/s1. The Bertz CT molecular complexity index is 1110. The summed E-state index contributed by atoms with van der Waals surface area (Å²) in [7, 11) is 0. The monoisotopic (exact) mass is 459 g/mol. The quantitative estimate of drug-likeness (QED) is 0.252. The van der Waals surface area contributed by atoms with Gasteiger partial charge in [0.15, 0.2) is 0 Å². The summed E-state index contributed by atoms with van der Waals surface area (Å²) < 4.78 is 23.2. The molecule has 1 heterocycles. The third kappa shape index (κ3) is 5.91. The zero-order chi connectivity index (χ0) is 22.4. The fraction of sp³-hybridized carbons (Fsp3) is 0.455. The Balaban J connectivity index is 1.68. The highest BCUT2D eigenvalue weighted by Gasteiger charge is 2.33. The first kappa shape index (κ1) is 23.4. The van der Waals surface area contributed by atoms with Gasteiger partial charge in [-0.2, -0.15) is 0 Å². The van der Waals surface area contributed by atoms with E-state index in [0.29, 0.717) is 6.42 Å². The number of carbonyl (C=O) groups excluding carboxylic acids is 1. The Morgan fingerprint density at radius 1 is 1.42 bits per heavy atom. The van der Waals surface area contributed by atoms with Gasteiger partial charge in [0.25, 0.3) is 0 Å². The van der Waals surface area contributed by atoms with Gasteiger partial charge in [-0.25, -0.2) is 10.5 Å². The van der Waals surface area contributed by atoms with Crippen molar-refractivity contribution in [3.8, 4) is 23.7 Å². The van der Waals surface area contributed by atoms with Crippen LogP contribution in [-0.4, -0.2) is 42.3 Å². The van der Waals surface area contributed by atoms with Crippen molar-refractivity contribution in [3.63, 3.8) is 0 Å². The van der Waals surface area contributed by atoms with Gasteiger partial charge in [-0.3, -0.25) is 14.2 Å². The van der Waals surface area contributed by atoms with E-state index in [4.69, 9.17) is 5.21 Å². The van der Waals surface area contributed by atoms with E-state index in [1.54, 1.807) is 5.48 Å². The molecule has 1 aliphatic carbocycles. The van der Waals surface area contributed by atoms with Gasteiger partial charge >= 0.3 is 0 Å². The molecule has 1 saturated carbocycles. The average Bonchev–Trinajstić information content (AvgIpc) is 3.12. The second-order valence-electron chi connectivity index (χ2n) is 7.89. The lowest BCUT2D eigenvalue weighted by atomic mass is 9.75. The number of amides is 1. The summed E-state index contributed by atoms with van der Waals surface area (Å²) in [5, 5.41) is 18.9. The van der Waals surface area contributed by atoms with Crippen molar-refractivity contribution in [1.29, 1.82) is 0 Å². The molecule has 7 nitrogen and oxygen atoms in total. The fourth-order valence-electron chi connectivity index (χ4n) is 3.40. The van der Waals surface area contributed by atoms with Crippen LogP contribution >= 0.6 is 11.3 Å². The molecule has 0 aliphatic heterocycles. The second-order valence-corrected chi connectivity index (χ2v) is 9.90. The molecule has 4 atom stereocenters. The van der Waals surface area contributed by atoms with Crippen LogP contribution in [0.3, 0.4) is 0 Å². The number of nitrogens with zero attached hydrogens (tertiary/aromatic N) is 1. The first-order valence-electron chi connectivity index (χ1n) is 9.87.